The summed E-state index contributed by atoms with van der Waals surface area (Å²) in [6.07, 6.45) is 4.38. The van der Waals surface area contributed by atoms with Crippen LogP contribution in [0.1, 0.15) is 12.6 Å². The first-order chi connectivity index (χ1) is 9.12. The Morgan fingerprint density at radius 2 is 2.05 bits per heavy atom. The van der Waals surface area contributed by atoms with E-state index >= 15 is 0 Å². The number of anilines is 1. The minimum absolute atomic E-state index is 0.0527. The van der Waals surface area contributed by atoms with Gasteiger partial charge < -0.3 is 10.3 Å². The average molecular weight is 281 g/mol. The second kappa shape index (κ2) is 5.81. The van der Waals surface area contributed by atoms with Crippen molar-refractivity contribution in [2.24, 2.45) is 0 Å². The first-order valence-corrected chi connectivity index (χ1v) is 7.28. The molecule has 8 heteroatoms. The van der Waals surface area contributed by atoms with Gasteiger partial charge >= 0.3 is 0 Å². The molecular formula is C11H15N5O2S. The normalized spacial score (nSPS) is 11.4. The quantitative estimate of drug-likeness (QED) is 0.724. The highest BCUT2D eigenvalue weighted by Gasteiger charge is 2.17. The Bertz CT molecular complexity index is 624. The molecule has 3 N–H and O–H groups in total. The van der Waals surface area contributed by atoms with Crippen molar-refractivity contribution in [1.29, 1.82) is 0 Å². The van der Waals surface area contributed by atoms with Crippen molar-refractivity contribution in [3.63, 3.8) is 0 Å². The van der Waals surface area contributed by atoms with Gasteiger partial charge in [-0.15, -0.1) is 0 Å². The van der Waals surface area contributed by atoms with Gasteiger partial charge in [-0.1, -0.05) is 6.92 Å². The summed E-state index contributed by atoms with van der Waals surface area (Å²) >= 11 is 0. The molecule has 0 unspecified atom stereocenters. The second-order valence-corrected chi connectivity index (χ2v) is 5.50. The monoisotopic (exact) mass is 281 g/mol. The van der Waals surface area contributed by atoms with Crippen LogP contribution in [0.5, 0.6) is 0 Å². The highest BCUT2D eigenvalue weighted by Crippen LogP contribution is 2.13. The van der Waals surface area contributed by atoms with Crippen molar-refractivity contribution < 1.29 is 8.42 Å². The van der Waals surface area contributed by atoms with Crippen LogP contribution in [0.25, 0.3) is 0 Å². The van der Waals surface area contributed by atoms with Crippen LogP contribution >= 0.6 is 0 Å². The second-order valence-electron chi connectivity index (χ2n) is 3.82. The molecule has 19 heavy (non-hydrogen) atoms. The van der Waals surface area contributed by atoms with Crippen LogP contribution in [0.4, 0.5) is 5.95 Å². The number of nitrogens with one attached hydrogen (secondary N) is 3. The third kappa shape index (κ3) is 3.52. The van der Waals surface area contributed by atoms with Crippen LogP contribution in [-0.2, 0) is 16.6 Å². The number of aromatic amines is 1. The summed E-state index contributed by atoms with van der Waals surface area (Å²) in [6, 6.07) is 3.19. The molecule has 0 spiro atoms. The molecule has 0 aromatic carbocycles. The maximum absolute atomic E-state index is 12.1. The lowest BCUT2D eigenvalue weighted by atomic mass is 10.4. The molecule has 0 aliphatic carbocycles. The predicted molar refractivity (Wildman–Crippen MR) is 71.0 cm³/mol. The van der Waals surface area contributed by atoms with Crippen molar-refractivity contribution in [3.8, 4) is 0 Å². The first-order valence-electron chi connectivity index (χ1n) is 5.79. The number of nitrogens with zero attached hydrogens (tertiary/aromatic N) is 2. The van der Waals surface area contributed by atoms with Crippen molar-refractivity contribution in [1.82, 2.24) is 20.3 Å². The molecule has 0 aliphatic heterocycles. The molecule has 0 bridgehead atoms. The molecule has 2 aromatic rings. The van der Waals surface area contributed by atoms with Gasteiger partial charge in [-0.05, 0) is 18.7 Å². The van der Waals surface area contributed by atoms with E-state index in [0.29, 0.717) is 6.54 Å². The molecule has 0 atom stereocenters. The smallest absolute Gasteiger partial charge is 0.265 e. The maximum Gasteiger partial charge on any atom is 0.265 e. The molecular weight excluding hydrogens is 266 g/mol. The zero-order chi connectivity index (χ0) is 13.7. The number of rotatable bonds is 6. The topological polar surface area (TPSA) is 99.8 Å². The molecule has 2 rings (SSSR count). The molecule has 0 saturated carbocycles. The Morgan fingerprint density at radius 1 is 1.32 bits per heavy atom. The lowest BCUT2D eigenvalue weighted by Crippen LogP contribution is -2.14. The van der Waals surface area contributed by atoms with E-state index < -0.39 is 10.0 Å². The number of sulfonamides is 1. The van der Waals surface area contributed by atoms with Crippen molar-refractivity contribution in [2.45, 2.75) is 18.4 Å². The maximum atomic E-state index is 12.1. The van der Waals surface area contributed by atoms with Gasteiger partial charge in [-0.3, -0.25) is 0 Å². The highest BCUT2D eigenvalue weighted by atomic mass is 32.2. The Morgan fingerprint density at radius 3 is 2.74 bits per heavy atom. The fourth-order valence-corrected chi connectivity index (χ4v) is 2.44. The van der Waals surface area contributed by atoms with Crippen LogP contribution in [0.15, 0.2) is 35.6 Å². The number of hydrogen-bond donors (Lipinski definition) is 3. The van der Waals surface area contributed by atoms with E-state index in [-0.39, 0.29) is 10.8 Å². The average Bonchev–Trinajstić information content (AvgIpc) is 2.86. The zero-order valence-corrected chi connectivity index (χ0v) is 11.2. The van der Waals surface area contributed by atoms with Gasteiger partial charge in [0.05, 0.1) is 0 Å². The van der Waals surface area contributed by atoms with E-state index in [0.717, 1.165) is 12.2 Å². The summed E-state index contributed by atoms with van der Waals surface area (Å²) in [5, 5.41) is 3.11. The Labute approximate surface area is 111 Å². The van der Waals surface area contributed by atoms with Gasteiger partial charge in [0.25, 0.3) is 10.0 Å². The minimum Gasteiger partial charge on any atom is -0.363 e. The molecule has 0 amide bonds. The number of H-pyrrole nitrogens is 1. The van der Waals surface area contributed by atoms with Crippen molar-refractivity contribution >= 4 is 16.0 Å². The predicted octanol–water partition coefficient (Wildman–Crippen LogP) is 0.715. The molecule has 2 heterocycles. The lowest BCUT2D eigenvalue weighted by Gasteiger charge is -2.03. The molecule has 0 fully saturated rings. The van der Waals surface area contributed by atoms with Crippen LogP contribution in [-0.4, -0.2) is 29.9 Å². The molecule has 102 valence electrons. The Kier molecular flexibility index (Phi) is 4.13. The van der Waals surface area contributed by atoms with E-state index in [2.05, 4.69) is 25.0 Å². The molecule has 2 aromatic heterocycles. The highest BCUT2D eigenvalue weighted by molar-refractivity contribution is 7.92. The van der Waals surface area contributed by atoms with E-state index in [1.165, 1.54) is 18.6 Å². The van der Waals surface area contributed by atoms with Gasteiger partial charge in [0.15, 0.2) is 0 Å². The SMILES string of the molecule is CCNCc1cc(S(=O)(=O)Nc2ncccn2)c[nH]1. The number of aromatic nitrogens is 3. The van der Waals surface area contributed by atoms with Gasteiger partial charge in [0.2, 0.25) is 5.95 Å². The molecule has 0 aliphatic rings. The summed E-state index contributed by atoms with van der Waals surface area (Å²) < 4.78 is 26.4. The van der Waals surface area contributed by atoms with E-state index in [4.69, 9.17) is 0 Å². The van der Waals surface area contributed by atoms with Crippen LogP contribution in [0.2, 0.25) is 0 Å². The molecule has 7 nitrogen and oxygen atoms in total. The van der Waals surface area contributed by atoms with Gasteiger partial charge in [-0.2, -0.15) is 0 Å². The third-order valence-electron chi connectivity index (χ3n) is 2.38. The lowest BCUT2D eigenvalue weighted by molar-refractivity contribution is 0.601. The zero-order valence-electron chi connectivity index (χ0n) is 10.4. The molecule has 0 radical (unpaired) electrons. The number of hydrogen-bond acceptors (Lipinski definition) is 5. The van der Waals surface area contributed by atoms with E-state index in [1.54, 1.807) is 12.1 Å². The van der Waals surface area contributed by atoms with Gasteiger partial charge in [-0.25, -0.2) is 23.1 Å². The summed E-state index contributed by atoms with van der Waals surface area (Å²) in [5.74, 6) is 0.0527. The Balaban J connectivity index is 2.13. The fourth-order valence-electron chi connectivity index (χ4n) is 1.47. The summed E-state index contributed by atoms with van der Waals surface area (Å²) in [6.45, 7) is 3.39. The van der Waals surface area contributed by atoms with Crippen LogP contribution < -0.4 is 10.0 Å². The minimum atomic E-state index is -3.65. The summed E-state index contributed by atoms with van der Waals surface area (Å²) in [4.78, 5) is 10.7. The van der Waals surface area contributed by atoms with Crippen molar-refractivity contribution in [3.05, 3.63) is 36.4 Å². The summed E-state index contributed by atoms with van der Waals surface area (Å²) in [5.41, 5.74) is 0.802. The summed E-state index contributed by atoms with van der Waals surface area (Å²) in [7, 11) is -3.65. The molecule has 0 saturated heterocycles. The third-order valence-corrected chi connectivity index (χ3v) is 3.69. The standard InChI is InChI=1S/C11H15N5O2S/c1-2-12-7-9-6-10(8-15-9)19(17,18)16-11-13-4-3-5-14-11/h3-6,8,12,15H,2,7H2,1H3,(H,13,14,16). The Hall–Kier alpha value is -1.93. The van der Waals surface area contributed by atoms with Gasteiger partial charge in [0.1, 0.15) is 4.90 Å². The van der Waals surface area contributed by atoms with Crippen LogP contribution in [0.3, 0.4) is 0 Å². The van der Waals surface area contributed by atoms with Crippen LogP contribution in [0, 0.1) is 0 Å². The fraction of sp³-hybridized carbons (Fsp3) is 0.273. The first kappa shape index (κ1) is 13.5. The van der Waals surface area contributed by atoms with E-state index in [1.807, 2.05) is 6.92 Å². The largest absolute Gasteiger partial charge is 0.363 e. The van der Waals surface area contributed by atoms with Gasteiger partial charge in [0, 0.05) is 30.8 Å². The van der Waals surface area contributed by atoms with E-state index in [9.17, 15) is 8.42 Å². The van der Waals surface area contributed by atoms with Crippen molar-refractivity contribution in [2.75, 3.05) is 11.3 Å².